The molecule has 0 aliphatic rings. The number of hydrogen-bond acceptors (Lipinski definition) is 3. The van der Waals surface area contributed by atoms with E-state index in [1.165, 1.54) is 0 Å². The van der Waals surface area contributed by atoms with Crippen LogP contribution in [0.15, 0.2) is 30.8 Å². The molecule has 1 aromatic carbocycles. The summed E-state index contributed by atoms with van der Waals surface area (Å²) in [5.41, 5.74) is 7.08. The zero-order chi connectivity index (χ0) is 14.8. The van der Waals surface area contributed by atoms with E-state index in [2.05, 4.69) is 24.4 Å². The van der Waals surface area contributed by atoms with Gasteiger partial charge in [-0.15, -0.1) is 0 Å². The first kappa shape index (κ1) is 16.1. The monoisotopic (exact) mass is 276 g/mol. The first-order valence-corrected chi connectivity index (χ1v) is 7.14. The summed E-state index contributed by atoms with van der Waals surface area (Å²) in [6.45, 7) is 8.61. The van der Waals surface area contributed by atoms with Crippen LogP contribution in [0, 0.1) is 0 Å². The minimum Gasteiger partial charge on any atom is -0.494 e. The topological polar surface area (TPSA) is 50.4 Å². The second kappa shape index (κ2) is 9.02. The van der Waals surface area contributed by atoms with E-state index in [1.807, 2.05) is 31.2 Å². The van der Waals surface area contributed by atoms with Crippen LogP contribution in [0.5, 0.6) is 5.75 Å². The van der Waals surface area contributed by atoms with Gasteiger partial charge in [-0.2, -0.15) is 0 Å². The first-order valence-electron chi connectivity index (χ1n) is 7.14. The third-order valence-corrected chi connectivity index (χ3v) is 2.87. The van der Waals surface area contributed by atoms with Crippen molar-refractivity contribution >= 4 is 11.6 Å². The Bertz CT molecular complexity index is 427. The summed E-state index contributed by atoms with van der Waals surface area (Å²) in [5.74, 6) is 0.818. The van der Waals surface area contributed by atoms with Gasteiger partial charge in [0.05, 0.1) is 12.3 Å². The molecular formula is C16H24N2O2. The van der Waals surface area contributed by atoms with Gasteiger partial charge in [0.15, 0.2) is 0 Å². The fraction of sp³-hybridized carbons (Fsp3) is 0.438. The van der Waals surface area contributed by atoms with Crippen molar-refractivity contribution in [3.8, 4) is 5.75 Å². The van der Waals surface area contributed by atoms with Gasteiger partial charge in [-0.3, -0.25) is 15.6 Å². The quantitative estimate of drug-likeness (QED) is 0.537. The Labute approximate surface area is 121 Å². The maximum atomic E-state index is 11.6. The highest BCUT2D eigenvalue weighted by atomic mass is 16.5. The number of benzene rings is 1. The van der Waals surface area contributed by atoms with E-state index in [9.17, 15) is 4.79 Å². The molecule has 0 heterocycles. The molecule has 0 aromatic heterocycles. The van der Waals surface area contributed by atoms with Crippen LogP contribution >= 0.6 is 0 Å². The number of hydrazine groups is 1. The molecule has 2 N–H and O–H groups in total. The maximum Gasteiger partial charge on any atom is 0.238 e. The molecule has 1 amide bonds. The lowest BCUT2D eigenvalue weighted by atomic mass is 10.2. The molecule has 0 saturated heterocycles. The van der Waals surface area contributed by atoms with Crippen LogP contribution in [0.2, 0.25) is 0 Å². The predicted octanol–water partition coefficient (Wildman–Crippen LogP) is 3.26. The lowest BCUT2D eigenvalue weighted by molar-refractivity contribution is -0.121. The lowest BCUT2D eigenvalue weighted by Gasteiger charge is -2.12. The molecule has 1 aromatic rings. The van der Waals surface area contributed by atoms with Crippen molar-refractivity contribution < 1.29 is 9.53 Å². The van der Waals surface area contributed by atoms with E-state index in [-0.39, 0.29) is 5.91 Å². The molecule has 0 fully saturated rings. The van der Waals surface area contributed by atoms with Crippen molar-refractivity contribution in [3.05, 3.63) is 36.4 Å². The van der Waals surface area contributed by atoms with Gasteiger partial charge in [0.2, 0.25) is 5.91 Å². The molecule has 0 spiro atoms. The van der Waals surface area contributed by atoms with Crippen LogP contribution < -0.4 is 15.6 Å². The van der Waals surface area contributed by atoms with E-state index in [4.69, 9.17) is 4.74 Å². The SMILES string of the molecule is C=C(NNC(=O)CCCCC)c1ccc(OCC)cc1. The Morgan fingerprint density at radius 3 is 2.45 bits per heavy atom. The summed E-state index contributed by atoms with van der Waals surface area (Å²) in [4.78, 5) is 11.6. The molecular weight excluding hydrogens is 252 g/mol. The highest BCUT2D eigenvalue weighted by molar-refractivity contribution is 5.77. The van der Waals surface area contributed by atoms with Crippen LogP contribution in [0.1, 0.15) is 45.1 Å². The molecule has 20 heavy (non-hydrogen) atoms. The van der Waals surface area contributed by atoms with Gasteiger partial charge >= 0.3 is 0 Å². The van der Waals surface area contributed by atoms with Gasteiger partial charge in [-0.1, -0.05) is 26.3 Å². The van der Waals surface area contributed by atoms with E-state index in [0.29, 0.717) is 18.7 Å². The Morgan fingerprint density at radius 1 is 1.15 bits per heavy atom. The standard InChI is InChI=1S/C16H24N2O2/c1-4-6-7-8-16(19)18-17-13(3)14-9-11-15(12-10-14)20-5-2/h9-12,17H,3-8H2,1-2H3,(H,18,19). The van der Waals surface area contributed by atoms with E-state index in [1.54, 1.807) is 0 Å². The second-order valence-electron chi connectivity index (χ2n) is 4.57. The highest BCUT2D eigenvalue weighted by Crippen LogP contribution is 2.15. The number of ether oxygens (including phenoxy) is 1. The highest BCUT2D eigenvalue weighted by Gasteiger charge is 2.03. The summed E-state index contributed by atoms with van der Waals surface area (Å²) >= 11 is 0. The fourth-order valence-electron chi connectivity index (χ4n) is 1.73. The van der Waals surface area contributed by atoms with Crippen molar-refractivity contribution in [3.63, 3.8) is 0 Å². The van der Waals surface area contributed by atoms with E-state index >= 15 is 0 Å². The Kier molecular flexibility index (Phi) is 7.25. The predicted molar refractivity (Wildman–Crippen MR) is 82.1 cm³/mol. The van der Waals surface area contributed by atoms with Crippen LogP contribution in [-0.2, 0) is 4.79 Å². The van der Waals surface area contributed by atoms with Crippen LogP contribution in [0.4, 0.5) is 0 Å². The Hall–Kier alpha value is -1.97. The minimum absolute atomic E-state index is 0.00876. The number of amides is 1. The van der Waals surface area contributed by atoms with Crippen molar-refractivity contribution in [2.75, 3.05) is 6.61 Å². The van der Waals surface area contributed by atoms with Gasteiger partial charge in [0.1, 0.15) is 5.75 Å². The summed E-state index contributed by atoms with van der Waals surface area (Å²) in [5, 5.41) is 0. The zero-order valence-electron chi connectivity index (χ0n) is 12.4. The first-order chi connectivity index (χ1) is 9.67. The average molecular weight is 276 g/mol. The molecule has 4 nitrogen and oxygen atoms in total. The molecule has 0 unspecified atom stereocenters. The van der Waals surface area contributed by atoms with Crippen LogP contribution in [0.3, 0.4) is 0 Å². The van der Waals surface area contributed by atoms with Crippen molar-refractivity contribution in [1.29, 1.82) is 0 Å². The van der Waals surface area contributed by atoms with Gasteiger partial charge in [0, 0.05) is 6.42 Å². The minimum atomic E-state index is -0.00876. The molecule has 4 heteroatoms. The van der Waals surface area contributed by atoms with E-state index < -0.39 is 0 Å². The van der Waals surface area contributed by atoms with Gasteiger partial charge in [0.25, 0.3) is 0 Å². The number of hydrogen-bond donors (Lipinski definition) is 2. The molecule has 1 rings (SSSR count). The summed E-state index contributed by atoms with van der Waals surface area (Å²) < 4.78 is 5.37. The van der Waals surface area contributed by atoms with E-state index in [0.717, 1.165) is 30.6 Å². The Morgan fingerprint density at radius 2 is 1.85 bits per heavy atom. The van der Waals surface area contributed by atoms with Crippen molar-refractivity contribution in [1.82, 2.24) is 10.9 Å². The number of nitrogens with one attached hydrogen (secondary N) is 2. The van der Waals surface area contributed by atoms with Gasteiger partial charge in [-0.05, 0) is 43.2 Å². The van der Waals surface area contributed by atoms with Crippen LogP contribution in [0.25, 0.3) is 5.70 Å². The molecule has 110 valence electrons. The molecule has 0 bridgehead atoms. The third kappa shape index (κ3) is 5.78. The van der Waals surface area contributed by atoms with Gasteiger partial charge in [-0.25, -0.2) is 0 Å². The summed E-state index contributed by atoms with van der Waals surface area (Å²) in [7, 11) is 0. The smallest absolute Gasteiger partial charge is 0.238 e. The molecule has 0 aliphatic carbocycles. The normalized spacial score (nSPS) is 9.90. The average Bonchev–Trinajstić information content (AvgIpc) is 2.46. The number of unbranched alkanes of at least 4 members (excludes halogenated alkanes) is 2. The lowest BCUT2D eigenvalue weighted by Crippen LogP contribution is -2.35. The molecule has 0 atom stereocenters. The fourth-order valence-corrected chi connectivity index (χ4v) is 1.73. The molecule has 0 saturated carbocycles. The molecule has 0 radical (unpaired) electrons. The number of rotatable bonds is 9. The van der Waals surface area contributed by atoms with Gasteiger partial charge < -0.3 is 4.74 Å². The third-order valence-electron chi connectivity index (χ3n) is 2.87. The summed E-state index contributed by atoms with van der Waals surface area (Å²) in [6, 6.07) is 7.58. The maximum absolute atomic E-state index is 11.6. The zero-order valence-corrected chi connectivity index (χ0v) is 12.4. The van der Waals surface area contributed by atoms with Crippen LogP contribution in [-0.4, -0.2) is 12.5 Å². The largest absolute Gasteiger partial charge is 0.494 e. The number of carbonyl (C=O) groups is 1. The second-order valence-corrected chi connectivity index (χ2v) is 4.57. The van der Waals surface area contributed by atoms with Crippen molar-refractivity contribution in [2.45, 2.75) is 39.5 Å². The summed E-state index contributed by atoms with van der Waals surface area (Å²) in [6.07, 6.45) is 3.64. The molecule has 0 aliphatic heterocycles. The number of carbonyl (C=O) groups excluding carboxylic acids is 1. The van der Waals surface area contributed by atoms with Crippen molar-refractivity contribution in [2.24, 2.45) is 0 Å². The Balaban J connectivity index is 2.36.